The molecule has 1 heterocycles. The number of halogens is 2. The topological polar surface area (TPSA) is 32.3 Å². The third-order valence-corrected chi connectivity index (χ3v) is 7.08. The number of hydrogen-bond acceptors (Lipinski definition) is 2. The van der Waals surface area contributed by atoms with Crippen molar-refractivity contribution in [3.05, 3.63) is 119 Å². The number of allylic oxidation sites excluding steroid dienone is 1. The average molecular weight is 475 g/mol. The number of carbonyl (C=O) groups excluding carboxylic acids is 1. The summed E-state index contributed by atoms with van der Waals surface area (Å²) >= 11 is 0. The van der Waals surface area contributed by atoms with Crippen molar-refractivity contribution in [2.45, 2.75) is 37.5 Å². The van der Waals surface area contributed by atoms with Gasteiger partial charge in [0.25, 0.3) is 0 Å². The molecule has 1 saturated heterocycles. The Kier molecular flexibility index (Phi) is 7.96. The number of amides is 1. The monoisotopic (exact) mass is 474 g/mol. The molecule has 0 spiro atoms. The first-order chi connectivity index (χ1) is 17.0. The highest BCUT2D eigenvalue weighted by Crippen LogP contribution is 2.37. The molecule has 0 atom stereocenters. The van der Waals surface area contributed by atoms with Gasteiger partial charge in [0.15, 0.2) is 0 Å². The molecule has 0 bridgehead atoms. The molecule has 3 nitrogen and oxygen atoms in total. The van der Waals surface area contributed by atoms with Gasteiger partial charge in [-0.25, -0.2) is 8.78 Å². The van der Waals surface area contributed by atoms with Gasteiger partial charge in [-0.2, -0.15) is 0 Å². The lowest BCUT2D eigenvalue weighted by atomic mass is 9.71. The van der Waals surface area contributed by atoms with Crippen LogP contribution >= 0.6 is 0 Å². The largest absolute Gasteiger partial charge is 0.375 e. The van der Waals surface area contributed by atoms with Gasteiger partial charge < -0.3 is 10.2 Å². The highest BCUT2D eigenvalue weighted by Gasteiger charge is 2.42. The third-order valence-electron chi connectivity index (χ3n) is 7.08. The zero-order valence-corrected chi connectivity index (χ0v) is 20.0. The molecule has 4 rings (SSSR count). The van der Waals surface area contributed by atoms with Gasteiger partial charge in [0.2, 0.25) is 5.91 Å². The predicted octanol–water partition coefficient (Wildman–Crippen LogP) is 5.80. The Morgan fingerprint density at radius 3 is 2.23 bits per heavy atom. The SMILES string of the molecule is C=C(CCc1ccc(F)cc1)N1CCC(C(=O)NCCc2ccccc2F)(c2ccccc2)CC1. The minimum Gasteiger partial charge on any atom is -0.375 e. The predicted molar refractivity (Wildman–Crippen MR) is 136 cm³/mol. The van der Waals surface area contributed by atoms with Crippen molar-refractivity contribution >= 4 is 5.91 Å². The zero-order chi connectivity index (χ0) is 24.7. The summed E-state index contributed by atoms with van der Waals surface area (Å²) in [6.45, 7) is 6.14. The molecule has 3 aromatic carbocycles. The lowest BCUT2D eigenvalue weighted by Crippen LogP contribution is -2.51. The minimum atomic E-state index is -0.621. The summed E-state index contributed by atoms with van der Waals surface area (Å²) in [6, 6.07) is 23.2. The fraction of sp³-hybridized carbons (Fsp3) is 0.300. The number of piperidine rings is 1. The maximum Gasteiger partial charge on any atom is 0.230 e. The van der Waals surface area contributed by atoms with Crippen LogP contribution in [0.2, 0.25) is 0 Å². The molecule has 0 aliphatic carbocycles. The molecule has 35 heavy (non-hydrogen) atoms. The second-order valence-electron chi connectivity index (χ2n) is 9.23. The number of carbonyl (C=O) groups is 1. The van der Waals surface area contributed by atoms with E-state index in [0.29, 0.717) is 31.4 Å². The van der Waals surface area contributed by atoms with E-state index in [0.717, 1.165) is 42.8 Å². The van der Waals surface area contributed by atoms with E-state index in [4.69, 9.17) is 0 Å². The lowest BCUT2D eigenvalue weighted by Gasteiger charge is -2.42. The molecule has 0 saturated carbocycles. The van der Waals surface area contributed by atoms with Gasteiger partial charge in [0.05, 0.1) is 5.41 Å². The molecule has 182 valence electrons. The van der Waals surface area contributed by atoms with Crippen LogP contribution in [0, 0.1) is 11.6 Å². The third kappa shape index (κ3) is 5.97. The molecule has 0 unspecified atom stereocenters. The summed E-state index contributed by atoms with van der Waals surface area (Å²) in [4.78, 5) is 15.8. The molecule has 1 N–H and O–H groups in total. The Bertz CT molecular complexity index is 1140. The summed E-state index contributed by atoms with van der Waals surface area (Å²) in [5.41, 5.74) is 3.12. The van der Waals surface area contributed by atoms with Crippen molar-refractivity contribution in [2.75, 3.05) is 19.6 Å². The van der Waals surface area contributed by atoms with Crippen LogP contribution in [0.5, 0.6) is 0 Å². The fourth-order valence-corrected chi connectivity index (χ4v) is 4.89. The smallest absolute Gasteiger partial charge is 0.230 e. The number of aryl methyl sites for hydroxylation is 1. The summed E-state index contributed by atoms with van der Waals surface area (Å²) in [7, 11) is 0. The van der Waals surface area contributed by atoms with Crippen molar-refractivity contribution in [3.63, 3.8) is 0 Å². The number of likely N-dealkylation sites (tertiary alicyclic amines) is 1. The first-order valence-electron chi connectivity index (χ1n) is 12.2. The molecule has 0 aromatic heterocycles. The molecule has 3 aromatic rings. The molecule has 1 aliphatic heterocycles. The molecule has 5 heteroatoms. The average Bonchev–Trinajstić information content (AvgIpc) is 2.89. The maximum absolute atomic E-state index is 14.0. The van der Waals surface area contributed by atoms with E-state index in [9.17, 15) is 13.6 Å². The Labute approximate surface area is 206 Å². The Morgan fingerprint density at radius 2 is 1.54 bits per heavy atom. The van der Waals surface area contributed by atoms with Crippen LogP contribution < -0.4 is 5.32 Å². The summed E-state index contributed by atoms with van der Waals surface area (Å²) < 4.78 is 27.1. The van der Waals surface area contributed by atoms with Crippen LogP contribution in [-0.4, -0.2) is 30.4 Å². The highest BCUT2D eigenvalue weighted by atomic mass is 19.1. The Morgan fingerprint density at radius 1 is 0.886 bits per heavy atom. The van der Waals surface area contributed by atoms with Crippen LogP contribution in [0.1, 0.15) is 36.0 Å². The molecular formula is C30H32F2N2O. The summed E-state index contributed by atoms with van der Waals surface area (Å²) in [5.74, 6) is -0.475. The van der Waals surface area contributed by atoms with Crippen LogP contribution in [0.25, 0.3) is 0 Å². The van der Waals surface area contributed by atoms with E-state index in [1.807, 2.05) is 48.5 Å². The van der Waals surface area contributed by atoms with Crippen molar-refractivity contribution in [1.29, 1.82) is 0 Å². The Balaban J connectivity index is 1.38. The first kappa shape index (κ1) is 24.6. The number of nitrogens with one attached hydrogen (secondary N) is 1. The van der Waals surface area contributed by atoms with Crippen LogP contribution in [-0.2, 0) is 23.1 Å². The van der Waals surface area contributed by atoms with Gasteiger partial charge in [-0.3, -0.25) is 4.79 Å². The number of hydrogen-bond donors (Lipinski definition) is 1. The molecule has 1 amide bonds. The van der Waals surface area contributed by atoms with Gasteiger partial charge in [-0.15, -0.1) is 0 Å². The van der Waals surface area contributed by atoms with Gasteiger partial charge in [-0.1, -0.05) is 67.2 Å². The van der Waals surface area contributed by atoms with Gasteiger partial charge in [-0.05, 0) is 67.0 Å². The van der Waals surface area contributed by atoms with Crippen molar-refractivity contribution in [1.82, 2.24) is 10.2 Å². The Hall–Kier alpha value is -3.47. The zero-order valence-electron chi connectivity index (χ0n) is 20.0. The van der Waals surface area contributed by atoms with E-state index in [2.05, 4.69) is 16.8 Å². The van der Waals surface area contributed by atoms with E-state index in [-0.39, 0.29) is 17.5 Å². The second kappa shape index (κ2) is 11.3. The van der Waals surface area contributed by atoms with E-state index in [1.54, 1.807) is 12.1 Å². The maximum atomic E-state index is 14.0. The fourth-order valence-electron chi connectivity index (χ4n) is 4.89. The molecule has 1 aliphatic rings. The van der Waals surface area contributed by atoms with E-state index in [1.165, 1.54) is 18.2 Å². The minimum absolute atomic E-state index is 0.00314. The highest BCUT2D eigenvalue weighted by molar-refractivity contribution is 5.88. The first-order valence-corrected chi connectivity index (χ1v) is 12.2. The molecule has 0 radical (unpaired) electrons. The molecular weight excluding hydrogens is 442 g/mol. The summed E-state index contributed by atoms with van der Waals surface area (Å²) in [6.07, 6.45) is 3.40. The van der Waals surface area contributed by atoms with Crippen molar-refractivity contribution in [3.8, 4) is 0 Å². The van der Waals surface area contributed by atoms with Gasteiger partial charge >= 0.3 is 0 Å². The van der Waals surface area contributed by atoms with Crippen LogP contribution in [0.4, 0.5) is 8.78 Å². The normalized spacial score (nSPS) is 15.0. The van der Waals surface area contributed by atoms with E-state index < -0.39 is 5.41 Å². The molecule has 1 fully saturated rings. The number of benzene rings is 3. The standard InChI is InChI=1S/C30H32F2N2O/c1-23(11-12-24-13-15-27(31)16-14-24)34-21-18-30(19-22-34,26-8-3-2-4-9-26)29(35)33-20-17-25-7-5-6-10-28(25)32/h2-10,13-16H,1,11-12,17-22H2,(H,33,35). The van der Waals surface area contributed by atoms with Crippen LogP contribution in [0.15, 0.2) is 91.1 Å². The van der Waals surface area contributed by atoms with Gasteiger partial charge in [0.1, 0.15) is 11.6 Å². The number of rotatable bonds is 9. The number of nitrogens with zero attached hydrogens (tertiary/aromatic N) is 1. The second-order valence-corrected chi connectivity index (χ2v) is 9.23. The van der Waals surface area contributed by atoms with Crippen LogP contribution in [0.3, 0.4) is 0 Å². The summed E-state index contributed by atoms with van der Waals surface area (Å²) in [5, 5.41) is 3.09. The lowest BCUT2D eigenvalue weighted by molar-refractivity contribution is -0.128. The van der Waals surface area contributed by atoms with Crippen molar-refractivity contribution in [2.24, 2.45) is 0 Å². The van der Waals surface area contributed by atoms with Crippen molar-refractivity contribution < 1.29 is 13.6 Å². The van der Waals surface area contributed by atoms with E-state index >= 15 is 0 Å². The van der Waals surface area contributed by atoms with Gasteiger partial charge in [0, 0.05) is 25.3 Å². The quantitative estimate of drug-likeness (QED) is 0.425.